The number of rotatable bonds is 8. The summed E-state index contributed by atoms with van der Waals surface area (Å²) < 4.78 is 29.2. The number of ether oxygens (including phenoxy) is 1. The zero-order valence-electron chi connectivity index (χ0n) is 11.6. The summed E-state index contributed by atoms with van der Waals surface area (Å²) in [5, 5.41) is 0. The van der Waals surface area contributed by atoms with Crippen LogP contribution in [0.15, 0.2) is 24.3 Å². The van der Waals surface area contributed by atoms with Gasteiger partial charge in [0.2, 0.25) is 0 Å². The van der Waals surface area contributed by atoms with Crippen molar-refractivity contribution in [1.82, 2.24) is 9.97 Å². The molecule has 0 fully saturated rings. The third-order valence-electron chi connectivity index (χ3n) is 2.98. The Hall–Kier alpha value is -1.40. The van der Waals surface area contributed by atoms with E-state index in [1.54, 1.807) is 0 Å². The first-order valence-corrected chi connectivity index (χ1v) is 8.64. The van der Waals surface area contributed by atoms with Crippen LogP contribution >= 0.6 is 0 Å². The number of benzene rings is 1. The second-order valence-electron chi connectivity index (χ2n) is 4.76. The van der Waals surface area contributed by atoms with Crippen LogP contribution in [-0.2, 0) is 20.3 Å². The van der Waals surface area contributed by atoms with Crippen LogP contribution in [0.2, 0.25) is 0 Å². The zero-order chi connectivity index (χ0) is 14.4. The molecule has 110 valence electrons. The van der Waals surface area contributed by atoms with Gasteiger partial charge in [-0.25, -0.2) is 13.4 Å². The molecule has 0 aliphatic rings. The molecule has 1 aromatic carbocycles. The fourth-order valence-electron chi connectivity index (χ4n) is 1.89. The van der Waals surface area contributed by atoms with Crippen molar-refractivity contribution in [2.24, 2.45) is 0 Å². The van der Waals surface area contributed by atoms with Gasteiger partial charge in [0, 0.05) is 6.61 Å². The van der Waals surface area contributed by atoms with Gasteiger partial charge >= 0.3 is 0 Å². The van der Waals surface area contributed by atoms with Crippen molar-refractivity contribution in [1.29, 1.82) is 0 Å². The summed E-state index contributed by atoms with van der Waals surface area (Å²) >= 11 is 0. The Balaban J connectivity index is 1.90. The molecule has 2 aromatic rings. The molecule has 0 spiro atoms. The van der Waals surface area contributed by atoms with E-state index in [0.29, 0.717) is 12.4 Å². The first-order valence-electron chi connectivity index (χ1n) is 6.82. The minimum Gasteiger partial charge on any atom is -0.380 e. The average Bonchev–Trinajstić information content (AvgIpc) is 2.79. The van der Waals surface area contributed by atoms with E-state index in [1.807, 2.05) is 24.3 Å². The number of unbranched alkanes of at least 4 members (excludes halogenated alkanes) is 1. The number of imidazole rings is 1. The lowest BCUT2D eigenvalue weighted by atomic mass is 10.3. The van der Waals surface area contributed by atoms with Gasteiger partial charge in [-0.15, -0.1) is 0 Å². The molecule has 5 nitrogen and oxygen atoms in total. The quantitative estimate of drug-likeness (QED) is 0.759. The summed E-state index contributed by atoms with van der Waals surface area (Å²) in [5.41, 5.74) is 1.65. The number of nitrogens with one attached hydrogen (secondary N) is 1. The van der Waals surface area contributed by atoms with Crippen molar-refractivity contribution in [2.45, 2.75) is 25.5 Å². The van der Waals surface area contributed by atoms with E-state index in [4.69, 9.17) is 4.74 Å². The average molecular weight is 296 g/mol. The Bertz CT molecular complexity index is 616. The van der Waals surface area contributed by atoms with Crippen LogP contribution in [0.25, 0.3) is 11.0 Å². The van der Waals surface area contributed by atoms with Gasteiger partial charge in [0.15, 0.2) is 9.84 Å². The molecule has 20 heavy (non-hydrogen) atoms. The maximum absolute atomic E-state index is 12.0. The highest BCUT2D eigenvalue weighted by Crippen LogP contribution is 2.12. The van der Waals surface area contributed by atoms with Crippen LogP contribution in [0.3, 0.4) is 0 Å². The predicted molar refractivity (Wildman–Crippen MR) is 79.3 cm³/mol. The van der Waals surface area contributed by atoms with E-state index in [0.717, 1.165) is 23.9 Å². The van der Waals surface area contributed by atoms with Crippen LogP contribution in [0.1, 0.15) is 25.6 Å². The molecule has 1 aromatic heterocycles. The number of hydrogen-bond acceptors (Lipinski definition) is 4. The Morgan fingerprint density at radius 3 is 2.80 bits per heavy atom. The van der Waals surface area contributed by atoms with Gasteiger partial charge in [-0.3, -0.25) is 0 Å². The van der Waals surface area contributed by atoms with Crippen LogP contribution in [0, 0.1) is 0 Å². The Morgan fingerprint density at radius 1 is 1.25 bits per heavy atom. The topological polar surface area (TPSA) is 72.1 Å². The van der Waals surface area contributed by atoms with Crippen LogP contribution in [0.4, 0.5) is 0 Å². The SMILES string of the molecule is CCCCOCCS(=O)(=O)Cc1nc2ccccc2[nH]1. The molecule has 2 rings (SSSR count). The van der Waals surface area contributed by atoms with Gasteiger partial charge < -0.3 is 9.72 Å². The molecule has 0 saturated carbocycles. The molecule has 0 atom stereocenters. The molecule has 0 radical (unpaired) electrons. The lowest BCUT2D eigenvalue weighted by molar-refractivity contribution is 0.146. The summed E-state index contributed by atoms with van der Waals surface area (Å²) in [5.74, 6) is 0.451. The van der Waals surface area contributed by atoms with Gasteiger partial charge in [0.1, 0.15) is 11.6 Å². The number of fused-ring (bicyclic) bond motifs is 1. The maximum Gasteiger partial charge on any atom is 0.159 e. The van der Waals surface area contributed by atoms with Crippen LogP contribution in [0.5, 0.6) is 0 Å². The van der Waals surface area contributed by atoms with Crippen molar-refractivity contribution < 1.29 is 13.2 Å². The second-order valence-corrected chi connectivity index (χ2v) is 6.94. The summed E-state index contributed by atoms with van der Waals surface area (Å²) in [6, 6.07) is 7.51. The number of nitrogens with zero attached hydrogens (tertiary/aromatic N) is 1. The third kappa shape index (κ3) is 4.31. The minimum atomic E-state index is -3.19. The van der Waals surface area contributed by atoms with Gasteiger partial charge in [0.25, 0.3) is 0 Å². The Kier molecular flexibility index (Phi) is 5.14. The molecule has 0 aliphatic carbocycles. The fraction of sp³-hybridized carbons (Fsp3) is 0.500. The number of aromatic amines is 1. The maximum atomic E-state index is 12.0. The summed E-state index contributed by atoms with van der Waals surface area (Å²) in [6.07, 6.45) is 2.01. The number of para-hydroxylation sites is 2. The van der Waals surface area contributed by atoms with E-state index >= 15 is 0 Å². The van der Waals surface area contributed by atoms with E-state index in [2.05, 4.69) is 16.9 Å². The molecular formula is C14H20N2O3S. The van der Waals surface area contributed by atoms with Crippen molar-refractivity contribution >= 4 is 20.9 Å². The van der Waals surface area contributed by atoms with E-state index in [9.17, 15) is 8.42 Å². The molecule has 1 N–H and O–H groups in total. The molecular weight excluding hydrogens is 276 g/mol. The van der Waals surface area contributed by atoms with Crippen molar-refractivity contribution in [3.8, 4) is 0 Å². The molecule has 0 amide bonds. The summed E-state index contributed by atoms with van der Waals surface area (Å²) in [7, 11) is -3.19. The number of aromatic nitrogens is 2. The monoisotopic (exact) mass is 296 g/mol. The van der Waals surface area contributed by atoms with Crippen molar-refractivity contribution in [3.05, 3.63) is 30.1 Å². The van der Waals surface area contributed by atoms with Gasteiger partial charge in [-0.1, -0.05) is 25.5 Å². The van der Waals surface area contributed by atoms with Crippen LogP contribution < -0.4 is 0 Å². The smallest absolute Gasteiger partial charge is 0.159 e. The third-order valence-corrected chi connectivity index (χ3v) is 4.48. The highest BCUT2D eigenvalue weighted by Gasteiger charge is 2.14. The van der Waals surface area contributed by atoms with E-state index < -0.39 is 9.84 Å². The number of hydrogen-bond donors (Lipinski definition) is 1. The highest BCUT2D eigenvalue weighted by atomic mass is 32.2. The second kappa shape index (κ2) is 6.85. The molecule has 1 heterocycles. The molecule has 0 aliphatic heterocycles. The lowest BCUT2D eigenvalue weighted by Crippen LogP contribution is -2.15. The van der Waals surface area contributed by atoms with Gasteiger partial charge in [-0.05, 0) is 18.6 Å². The highest BCUT2D eigenvalue weighted by molar-refractivity contribution is 7.90. The largest absolute Gasteiger partial charge is 0.380 e. The zero-order valence-corrected chi connectivity index (χ0v) is 12.4. The normalized spacial score (nSPS) is 12.1. The van der Waals surface area contributed by atoms with Gasteiger partial charge in [0.05, 0.1) is 23.4 Å². The summed E-state index contributed by atoms with van der Waals surface area (Å²) in [6.45, 7) is 2.95. The Morgan fingerprint density at radius 2 is 2.05 bits per heavy atom. The number of H-pyrrole nitrogens is 1. The lowest BCUT2D eigenvalue weighted by Gasteiger charge is -2.04. The first-order chi connectivity index (χ1) is 9.61. The molecule has 0 unspecified atom stereocenters. The van der Waals surface area contributed by atoms with Gasteiger partial charge in [-0.2, -0.15) is 0 Å². The standard InChI is InChI=1S/C14H20N2O3S/c1-2-3-8-19-9-10-20(17,18)11-14-15-12-6-4-5-7-13(12)16-14/h4-7H,2-3,8-11H2,1H3,(H,15,16). The van der Waals surface area contributed by atoms with E-state index in [1.165, 1.54) is 0 Å². The summed E-state index contributed by atoms with van der Waals surface area (Å²) in [4.78, 5) is 7.31. The Labute approximate surface area is 119 Å². The molecule has 0 bridgehead atoms. The first kappa shape index (κ1) is 15.0. The van der Waals surface area contributed by atoms with Crippen molar-refractivity contribution in [3.63, 3.8) is 0 Å². The molecule has 0 saturated heterocycles. The number of sulfone groups is 1. The predicted octanol–water partition coefficient (Wildman–Crippen LogP) is 2.29. The molecule has 6 heteroatoms. The van der Waals surface area contributed by atoms with E-state index in [-0.39, 0.29) is 18.1 Å². The minimum absolute atomic E-state index is 0.0355. The van der Waals surface area contributed by atoms with Crippen LogP contribution in [-0.4, -0.2) is 37.4 Å². The van der Waals surface area contributed by atoms with Crippen molar-refractivity contribution in [2.75, 3.05) is 19.0 Å². The fourth-order valence-corrected chi connectivity index (χ4v) is 2.96.